The van der Waals surface area contributed by atoms with E-state index in [4.69, 9.17) is 4.99 Å². The van der Waals surface area contributed by atoms with Crippen LogP contribution in [0.2, 0.25) is 0 Å². The van der Waals surface area contributed by atoms with Gasteiger partial charge in [0.2, 0.25) is 0 Å². The van der Waals surface area contributed by atoms with Crippen LogP contribution in [0.5, 0.6) is 0 Å². The molecule has 1 atom stereocenters. The molecule has 29 heavy (non-hydrogen) atoms. The molecule has 2 aliphatic heterocycles. The molecule has 0 aliphatic carbocycles. The second-order valence-corrected chi connectivity index (χ2v) is 8.19. The Balaban J connectivity index is 1.51. The van der Waals surface area contributed by atoms with E-state index in [0.29, 0.717) is 0 Å². The number of amidine groups is 1. The highest BCUT2D eigenvalue weighted by Gasteiger charge is 2.22. The predicted molar refractivity (Wildman–Crippen MR) is 121 cm³/mol. The van der Waals surface area contributed by atoms with Gasteiger partial charge in [-0.3, -0.25) is 5.32 Å². The van der Waals surface area contributed by atoms with Gasteiger partial charge in [0.1, 0.15) is 12.0 Å². The summed E-state index contributed by atoms with van der Waals surface area (Å²) in [7, 11) is 6.38. The lowest BCUT2D eigenvalue weighted by Crippen LogP contribution is -2.44. The smallest absolute Gasteiger partial charge is 0.135 e. The van der Waals surface area contributed by atoms with Crippen molar-refractivity contribution >= 4 is 17.2 Å². The summed E-state index contributed by atoms with van der Waals surface area (Å²) in [4.78, 5) is 11.9. The predicted octanol–water partition coefficient (Wildman–Crippen LogP) is 2.27. The summed E-state index contributed by atoms with van der Waals surface area (Å²) in [6.07, 6.45) is 0.0657. The van der Waals surface area contributed by atoms with Crippen molar-refractivity contribution in [3.8, 4) is 0 Å². The van der Waals surface area contributed by atoms with Crippen LogP contribution in [-0.4, -0.2) is 76.0 Å². The molecule has 0 radical (unpaired) electrons. The fraction of sp³-hybridized carbons (Fsp3) is 0.435. The number of hydrogen-bond donors (Lipinski definition) is 2. The van der Waals surface area contributed by atoms with E-state index in [1.54, 1.807) is 0 Å². The number of rotatable bonds is 6. The number of anilines is 1. The zero-order valence-electron chi connectivity index (χ0n) is 17.7. The van der Waals surface area contributed by atoms with Crippen molar-refractivity contribution in [3.63, 3.8) is 0 Å². The maximum atomic E-state index is 4.90. The first kappa shape index (κ1) is 19.9. The topological polar surface area (TPSA) is 46.1 Å². The maximum Gasteiger partial charge on any atom is 0.135 e. The molecule has 1 fully saturated rings. The van der Waals surface area contributed by atoms with Crippen LogP contribution in [0.1, 0.15) is 17.3 Å². The average molecular weight is 393 g/mol. The quantitative estimate of drug-likeness (QED) is 0.790. The minimum atomic E-state index is 0.0657. The van der Waals surface area contributed by atoms with Crippen molar-refractivity contribution in [1.82, 2.24) is 20.4 Å². The third-order valence-electron chi connectivity index (χ3n) is 5.68. The molecule has 2 aromatic carbocycles. The van der Waals surface area contributed by atoms with E-state index in [1.807, 2.05) is 0 Å². The van der Waals surface area contributed by atoms with Gasteiger partial charge in [-0.1, -0.05) is 18.2 Å². The fourth-order valence-corrected chi connectivity index (χ4v) is 3.84. The van der Waals surface area contributed by atoms with Gasteiger partial charge in [-0.05, 0) is 51.5 Å². The second-order valence-electron chi connectivity index (χ2n) is 8.19. The lowest BCUT2D eigenvalue weighted by atomic mass is 10.1. The van der Waals surface area contributed by atoms with E-state index in [9.17, 15) is 0 Å². The van der Waals surface area contributed by atoms with E-state index >= 15 is 0 Å². The second kappa shape index (κ2) is 8.95. The highest BCUT2D eigenvalue weighted by Crippen LogP contribution is 2.29. The van der Waals surface area contributed by atoms with E-state index in [0.717, 1.165) is 56.4 Å². The van der Waals surface area contributed by atoms with Crippen molar-refractivity contribution in [2.24, 2.45) is 4.99 Å². The number of benzene rings is 2. The summed E-state index contributed by atoms with van der Waals surface area (Å²) in [5, 5.41) is 7.23. The van der Waals surface area contributed by atoms with Crippen LogP contribution in [0.4, 0.5) is 11.4 Å². The number of nitrogens with zero attached hydrogens (tertiary/aromatic N) is 4. The molecule has 4 rings (SSSR count). The van der Waals surface area contributed by atoms with Gasteiger partial charge in [0, 0.05) is 56.1 Å². The minimum Gasteiger partial charge on any atom is -0.369 e. The lowest BCUT2D eigenvalue weighted by Gasteiger charge is -2.34. The summed E-state index contributed by atoms with van der Waals surface area (Å²) < 4.78 is 0. The third-order valence-corrected chi connectivity index (χ3v) is 5.68. The zero-order valence-corrected chi connectivity index (χ0v) is 17.7. The monoisotopic (exact) mass is 392 g/mol. The van der Waals surface area contributed by atoms with Crippen molar-refractivity contribution < 1.29 is 0 Å². The standard InChI is InChI=1S/C23H32N6/c1-27(2)13-12-24-23-20-6-4-5-7-21(20)25-22(26-23)18-8-10-19(11-9-18)29-16-14-28(3)15-17-29/h4-11,23-24H,12-17H2,1-3H3,(H,25,26). The number of hydrogen-bond acceptors (Lipinski definition) is 6. The van der Waals surface area contributed by atoms with E-state index in [-0.39, 0.29) is 6.17 Å². The average Bonchev–Trinajstić information content (AvgIpc) is 2.74. The highest BCUT2D eigenvalue weighted by atomic mass is 15.2. The zero-order chi connectivity index (χ0) is 20.2. The largest absolute Gasteiger partial charge is 0.369 e. The van der Waals surface area contributed by atoms with Crippen molar-refractivity contribution in [2.75, 3.05) is 65.3 Å². The van der Waals surface area contributed by atoms with Crippen LogP contribution in [0.3, 0.4) is 0 Å². The molecule has 6 heteroatoms. The highest BCUT2D eigenvalue weighted by molar-refractivity contribution is 6.02. The number of aliphatic imine (C=N–C) groups is 1. The molecule has 154 valence electrons. The summed E-state index contributed by atoms with van der Waals surface area (Å²) in [5.74, 6) is 0.927. The van der Waals surface area contributed by atoms with Gasteiger partial charge >= 0.3 is 0 Å². The van der Waals surface area contributed by atoms with E-state index < -0.39 is 0 Å². The molecule has 0 amide bonds. The normalized spacial score (nSPS) is 19.7. The molecule has 2 aliphatic rings. The minimum absolute atomic E-state index is 0.0657. The van der Waals surface area contributed by atoms with Gasteiger partial charge in [0.25, 0.3) is 0 Å². The molecule has 2 heterocycles. The van der Waals surface area contributed by atoms with Crippen LogP contribution < -0.4 is 15.5 Å². The Hall–Kier alpha value is -2.41. The Morgan fingerprint density at radius 1 is 1.03 bits per heavy atom. The van der Waals surface area contributed by atoms with Gasteiger partial charge in [0.15, 0.2) is 0 Å². The summed E-state index contributed by atoms with van der Waals surface area (Å²) in [5.41, 5.74) is 4.65. The van der Waals surface area contributed by atoms with Gasteiger partial charge in [-0.15, -0.1) is 0 Å². The summed E-state index contributed by atoms with van der Waals surface area (Å²) in [6, 6.07) is 17.2. The number of nitrogens with one attached hydrogen (secondary N) is 2. The molecule has 6 nitrogen and oxygen atoms in total. The van der Waals surface area contributed by atoms with Crippen LogP contribution >= 0.6 is 0 Å². The Bertz CT molecular complexity index is 837. The Kier molecular flexibility index (Phi) is 6.13. The first-order valence-electron chi connectivity index (χ1n) is 10.5. The number of piperazine rings is 1. The molecule has 0 spiro atoms. The molecule has 0 bridgehead atoms. The van der Waals surface area contributed by atoms with Gasteiger partial charge in [-0.2, -0.15) is 0 Å². The van der Waals surface area contributed by atoms with Gasteiger partial charge in [0.05, 0.1) is 5.69 Å². The molecule has 1 unspecified atom stereocenters. The molecule has 2 aromatic rings. The van der Waals surface area contributed by atoms with Gasteiger partial charge in [-0.25, -0.2) is 4.99 Å². The van der Waals surface area contributed by atoms with E-state index in [1.165, 1.54) is 11.3 Å². The van der Waals surface area contributed by atoms with Crippen molar-refractivity contribution in [3.05, 3.63) is 59.7 Å². The first-order chi connectivity index (χ1) is 14.1. The molecule has 2 N–H and O–H groups in total. The Morgan fingerprint density at radius 3 is 2.48 bits per heavy atom. The number of para-hydroxylation sites is 1. The van der Waals surface area contributed by atoms with Crippen LogP contribution in [0.25, 0.3) is 0 Å². The molecule has 0 aromatic heterocycles. The van der Waals surface area contributed by atoms with E-state index in [2.05, 4.69) is 95.0 Å². The Morgan fingerprint density at radius 2 is 1.76 bits per heavy atom. The molecular formula is C23H32N6. The van der Waals surface area contributed by atoms with Crippen molar-refractivity contribution in [2.45, 2.75) is 6.17 Å². The fourth-order valence-electron chi connectivity index (χ4n) is 3.84. The SMILES string of the molecule is CN(C)CCNC1NC(c2ccc(N3CCN(C)CC3)cc2)=Nc2ccccc21. The van der Waals surface area contributed by atoms with Crippen LogP contribution in [0, 0.1) is 0 Å². The summed E-state index contributed by atoms with van der Waals surface area (Å²) in [6.45, 7) is 6.31. The third kappa shape index (κ3) is 4.78. The molecular weight excluding hydrogens is 360 g/mol. The Labute approximate surface area is 174 Å². The van der Waals surface area contributed by atoms with Crippen molar-refractivity contribution in [1.29, 1.82) is 0 Å². The van der Waals surface area contributed by atoms with Crippen LogP contribution in [0.15, 0.2) is 53.5 Å². The molecule has 1 saturated heterocycles. The first-order valence-corrected chi connectivity index (χ1v) is 10.5. The lowest BCUT2D eigenvalue weighted by molar-refractivity contribution is 0.313. The van der Waals surface area contributed by atoms with Crippen LogP contribution in [-0.2, 0) is 0 Å². The number of fused-ring (bicyclic) bond motifs is 1. The van der Waals surface area contributed by atoms with Gasteiger partial charge < -0.3 is 20.0 Å². The maximum absolute atomic E-state index is 4.90. The molecule has 0 saturated carbocycles. The number of likely N-dealkylation sites (N-methyl/N-ethyl adjacent to an activating group) is 2. The summed E-state index contributed by atoms with van der Waals surface area (Å²) >= 11 is 0.